The summed E-state index contributed by atoms with van der Waals surface area (Å²) in [7, 11) is 1.06. The molecule has 0 aliphatic carbocycles. The van der Waals surface area contributed by atoms with Crippen LogP contribution in [0, 0.1) is 12.3 Å². The zero-order valence-electron chi connectivity index (χ0n) is 13.9. The maximum Gasteiger partial charge on any atom is 0.366 e. The first kappa shape index (κ1) is 21.3. The summed E-state index contributed by atoms with van der Waals surface area (Å²) in [5, 5.41) is 41.7. The number of ether oxygens (including phenoxy) is 3. The minimum Gasteiger partial charge on any atom is -0.465 e. The number of esters is 1. The molecule has 1 fully saturated rings. The molecule has 1 unspecified atom stereocenters. The standard InChI is InChI=1S/C15H23NO9/c1-4-5-24-15(14(22)23-3)6-9(19)11(16-8(2)18)13(25-15)12(21)10(20)7-17/h1,9-13,17,19-21H,5-7H2,2-3H3,(H,16,18)/t9-,10-,11-,12-,13?,15-/m1/s1. The van der Waals surface area contributed by atoms with Crippen LogP contribution in [0.25, 0.3) is 0 Å². The van der Waals surface area contributed by atoms with Gasteiger partial charge in [0.15, 0.2) is 0 Å². The number of nitrogens with one attached hydrogen (secondary N) is 1. The fourth-order valence-corrected chi connectivity index (χ4v) is 2.58. The maximum absolute atomic E-state index is 12.1. The van der Waals surface area contributed by atoms with Crippen LogP contribution in [-0.2, 0) is 23.8 Å². The van der Waals surface area contributed by atoms with Crippen molar-refractivity contribution in [3.8, 4) is 12.3 Å². The van der Waals surface area contributed by atoms with E-state index in [1.807, 2.05) is 0 Å². The number of methoxy groups -OCH3 is 1. The molecule has 25 heavy (non-hydrogen) atoms. The summed E-state index contributed by atoms with van der Waals surface area (Å²) in [5.41, 5.74) is 0. The first-order valence-electron chi connectivity index (χ1n) is 7.48. The number of hydrogen-bond donors (Lipinski definition) is 5. The van der Waals surface area contributed by atoms with Crippen LogP contribution < -0.4 is 5.32 Å². The topological polar surface area (TPSA) is 155 Å². The number of carbonyl (C=O) groups excluding carboxylic acids is 2. The monoisotopic (exact) mass is 361 g/mol. The summed E-state index contributed by atoms with van der Waals surface area (Å²) in [6.07, 6.45) is -1.63. The van der Waals surface area contributed by atoms with Crippen molar-refractivity contribution in [2.75, 3.05) is 20.3 Å². The predicted molar refractivity (Wildman–Crippen MR) is 81.7 cm³/mol. The van der Waals surface area contributed by atoms with Crippen LogP contribution in [0.2, 0.25) is 0 Å². The highest BCUT2D eigenvalue weighted by Gasteiger charge is 2.56. The van der Waals surface area contributed by atoms with Gasteiger partial charge in [-0.25, -0.2) is 4.79 Å². The summed E-state index contributed by atoms with van der Waals surface area (Å²) in [6.45, 7) is -0.00597. The van der Waals surface area contributed by atoms with E-state index in [0.29, 0.717) is 0 Å². The van der Waals surface area contributed by atoms with E-state index in [-0.39, 0.29) is 6.61 Å². The van der Waals surface area contributed by atoms with Gasteiger partial charge in [-0.1, -0.05) is 5.92 Å². The molecule has 0 radical (unpaired) electrons. The van der Waals surface area contributed by atoms with Crippen molar-refractivity contribution in [3.05, 3.63) is 0 Å². The molecular weight excluding hydrogens is 338 g/mol. The first-order valence-corrected chi connectivity index (χ1v) is 7.48. The van der Waals surface area contributed by atoms with Gasteiger partial charge in [0, 0.05) is 13.3 Å². The largest absolute Gasteiger partial charge is 0.465 e. The van der Waals surface area contributed by atoms with Crippen LogP contribution in [-0.4, -0.2) is 88.9 Å². The Bertz CT molecular complexity index is 520. The summed E-state index contributed by atoms with van der Waals surface area (Å²) in [6, 6.07) is -1.18. The molecule has 1 saturated heterocycles. The molecule has 1 amide bonds. The average Bonchev–Trinajstić information content (AvgIpc) is 2.59. The third-order valence-corrected chi connectivity index (χ3v) is 3.75. The van der Waals surface area contributed by atoms with Crippen molar-refractivity contribution in [2.24, 2.45) is 0 Å². The zero-order chi connectivity index (χ0) is 19.2. The lowest BCUT2D eigenvalue weighted by Crippen LogP contribution is -2.68. The van der Waals surface area contributed by atoms with E-state index in [2.05, 4.69) is 16.0 Å². The van der Waals surface area contributed by atoms with Crippen molar-refractivity contribution in [2.45, 2.75) is 49.6 Å². The van der Waals surface area contributed by atoms with E-state index in [1.54, 1.807) is 0 Å². The van der Waals surface area contributed by atoms with Gasteiger partial charge in [-0.05, 0) is 0 Å². The minimum absolute atomic E-state index is 0.363. The second kappa shape index (κ2) is 9.10. The first-order chi connectivity index (χ1) is 11.7. The van der Waals surface area contributed by atoms with E-state index in [4.69, 9.17) is 21.0 Å². The van der Waals surface area contributed by atoms with Crippen molar-refractivity contribution in [1.82, 2.24) is 5.32 Å². The highest BCUT2D eigenvalue weighted by Crippen LogP contribution is 2.34. The SMILES string of the molecule is C#CCO[C@]1(C(=O)OC)C[C@@H](O)[C@@H](NC(C)=O)C([C@H](O)[C@H](O)CO)O1. The van der Waals surface area contributed by atoms with Gasteiger partial charge in [0.1, 0.15) is 24.9 Å². The lowest BCUT2D eigenvalue weighted by Gasteiger charge is -2.46. The van der Waals surface area contributed by atoms with Gasteiger partial charge in [0.25, 0.3) is 5.79 Å². The molecule has 0 aromatic rings. The number of hydrogen-bond acceptors (Lipinski definition) is 9. The number of aliphatic hydroxyl groups excluding tert-OH is 4. The molecular formula is C15H23NO9. The third-order valence-electron chi connectivity index (χ3n) is 3.75. The molecule has 0 spiro atoms. The van der Waals surface area contributed by atoms with Gasteiger partial charge in [0.2, 0.25) is 5.91 Å². The molecule has 1 aliphatic rings. The number of carbonyl (C=O) groups is 2. The molecule has 0 saturated carbocycles. The Labute approximate surface area is 144 Å². The van der Waals surface area contributed by atoms with Crippen LogP contribution in [0.4, 0.5) is 0 Å². The Morgan fingerprint density at radius 3 is 2.60 bits per heavy atom. The van der Waals surface area contributed by atoms with E-state index in [1.165, 1.54) is 6.92 Å². The summed E-state index contributed by atoms with van der Waals surface area (Å²) >= 11 is 0. The summed E-state index contributed by atoms with van der Waals surface area (Å²) < 4.78 is 15.4. The van der Waals surface area contributed by atoms with Gasteiger partial charge >= 0.3 is 5.97 Å². The van der Waals surface area contributed by atoms with Gasteiger partial charge in [-0.2, -0.15) is 0 Å². The van der Waals surface area contributed by atoms with E-state index in [9.17, 15) is 24.9 Å². The fourth-order valence-electron chi connectivity index (χ4n) is 2.58. The van der Waals surface area contributed by atoms with Crippen LogP contribution in [0.5, 0.6) is 0 Å². The summed E-state index contributed by atoms with van der Waals surface area (Å²) in [5.74, 6) is -1.56. The average molecular weight is 361 g/mol. The quantitative estimate of drug-likeness (QED) is 0.234. The molecule has 1 rings (SSSR count). The molecule has 1 aliphatic heterocycles. The van der Waals surface area contributed by atoms with E-state index >= 15 is 0 Å². The molecule has 1 heterocycles. The van der Waals surface area contributed by atoms with Crippen molar-refractivity contribution in [1.29, 1.82) is 0 Å². The van der Waals surface area contributed by atoms with Gasteiger partial charge in [-0.3, -0.25) is 4.79 Å². The van der Waals surface area contributed by atoms with Gasteiger partial charge in [-0.15, -0.1) is 6.42 Å². The van der Waals surface area contributed by atoms with E-state index in [0.717, 1.165) is 7.11 Å². The normalized spacial score (nSPS) is 31.5. The van der Waals surface area contributed by atoms with Gasteiger partial charge < -0.3 is 40.0 Å². The lowest BCUT2D eigenvalue weighted by molar-refractivity contribution is -0.309. The smallest absolute Gasteiger partial charge is 0.366 e. The third kappa shape index (κ3) is 4.88. The Kier molecular flexibility index (Phi) is 7.75. The number of rotatable bonds is 7. The Balaban J connectivity index is 3.24. The number of aliphatic hydroxyl groups is 4. The fraction of sp³-hybridized carbons (Fsp3) is 0.733. The lowest BCUT2D eigenvalue weighted by atomic mass is 9.88. The van der Waals surface area contributed by atoms with Crippen LogP contribution in [0.15, 0.2) is 0 Å². The molecule has 0 aromatic carbocycles. The molecule has 10 nitrogen and oxygen atoms in total. The van der Waals surface area contributed by atoms with Crippen molar-refractivity contribution >= 4 is 11.9 Å². The second-order valence-electron chi connectivity index (χ2n) is 5.56. The minimum atomic E-state index is -2.14. The summed E-state index contributed by atoms with van der Waals surface area (Å²) in [4.78, 5) is 23.5. The molecule has 0 bridgehead atoms. The van der Waals surface area contributed by atoms with Crippen LogP contribution in [0.3, 0.4) is 0 Å². The van der Waals surface area contributed by atoms with Crippen molar-refractivity contribution in [3.63, 3.8) is 0 Å². The Hall–Kier alpha value is -1.74. The zero-order valence-corrected chi connectivity index (χ0v) is 13.9. The predicted octanol–water partition coefficient (Wildman–Crippen LogP) is -3.13. The van der Waals surface area contributed by atoms with Gasteiger partial charge in [0.05, 0.1) is 25.9 Å². The number of terminal acetylenes is 1. The second-order valence-corrected chi connectivity index (χ2v) is 5.56. The Morgan fingerprint density at radius 1 is 1.48 bits per heavy atom. The molecule has 142 valence electrons. The number of amides is 1. The maximum atomic E-state index is 12.1. The highest BCUT2D eigenvalue weighted by atomic mass is 16.7. The Morgan fingerprint density at radius 2 is 2.12 bits per heavy atom. The van der Waals surface area contributed by atoms with Crippen LogP contribution >= 0.6 is 0 Å². The van der Waals surface area contributed by atoms with Crippen molar-refractivity contribution < 1.29 is 44.2 Å². The highest BCUT2D eigenvalue weighted by molar-refractivity contribution is 5.78. The molecule has 6 atom stereocenters. The van der Waals surface area contributed by atoms with Crippen LogP contribution in [0.1, 0.15) is 13.3 Å². The molecule has 10 heteroatoms. The van der Waals surface area contributed by atoms with E-state index < -0.39 is 61.1 Å². The molecule has 5 N–H and O–H groups in total. The molecule has 0 aromatic heterocycles.